The monoisotopic (exact) mass is 392 g/mol. The largest absolute Gasteiger partial charge is 0.462 e. The Kier molecular flexibility index (Phi) is 7.47. The summed E-state index contributed by atoms with van der Waals surface area (Å²) in [5.41, 5.74) is 0.0336. The molecule has 3 fully saturated rings. The van der Waals surface area contributed by atoms with Gasteiger partial charge in [0.05, 0.1) is 6.42 Å². The zero-order valence-electron chi connectivity index (χ0n) is 18.9. The van der Waals surface area contributed by atoms with Crippen LogP contribution in [0.3, 0.4) is 0 Å². The molecule has 0 radical (unpaired) electrons. The molecule has 2 saturated carbocycles. The van der Waals surface area contributed by atoms with Gasteiger partial charge in [-0.1, -0.05) is 38.5 Å². The molecule has 0 bridgehead atoms. The lowest BCUT2D eigenvalue weighted by Crippen LogP contribution is -2.59. The van der Waals surface area contributed by atoms with Gasteiger partial charge in [-0.2, -0.15) is 0 Å². The van der Waals surface area contributed by atoms with Crippen molar-refractivity contribution >= 4 is 5.97 Å². The summed E-state index contributed by atoms with van der Waals surface area (Å²) < 4.78 is 5.98. The summed E-state index contributed by atoms with van der Waals surface area (Å²) in [6.45, 7) is 9.74. The molecule has 1 aliphatic heterocycles. The lowest BCUT2D eigenvalue weighted by atomic mass is 9.81. The summed E-state index contributed by atoms with van der Waals surface area (Å²) in [7, 11) is 0. The molecule has 0 aromatic heterocycles. The third-order valence-electron chi connectivity index (χ3n) is 7.11. The van der Waals surface area contributed by atoms with Crippen molar-refractivity contribution in [3.05, 3.63) is 0 Å². The van der Waals surface area contributed by atoms with Crippen LogP contribution in [0.15, 0.2) is 0 Å². The third kappa shape index (κ3) is 6.45. The van der Waals surface area contributed by atoms with Crippen LogP contribution >= 0.6 is 0 Å². The maximum Gasteiger partial charge on any atom is 0.307 e. The first kappa shape index (κ1) is 22.1. The van der Waals surface area contributed by atoms with E-state index in [1.54, 1.807) is 0 Å². The number of nitrogens with one attached hydrogen (secondary N) is 1. The Morgan fingerprint density at radius 1 is 0.857 bits per heavy atom. The minimum Gasteiger partial charge on any atom is -0.462 e. The van der Waals surface area contributed by atoms with Crippen LogP contribution in [0.5, 0.6) is 0 Å². The van der Waals surface area contributed by atoms with Crippen molar-refractivity contribution in [3.8, 4) is 0 Å². The van der Waals surface area contributed by atoms with E-state index in [4.69, 9.17) is 4.74 Å². The van der Waals surface area contributed by atoms with Crippen LogP contribution in [0.4, 0.5) is 0 Å². The first-order valence-electron chi connectivity index (χ1n) is 12.0. The number of hydrogen-bond donors (Lipinski definition) is 1. The van der Waals surface area contributed by atoms with Crippen molar-refractivity contribution in [2.24, 2.45) is 0 Å². The van der Waals surface area contributed by atoms with Gasteiger partial charge in [-0.05, 0) is 53.4 Å². The summed E-state index contributed by atoms with van der Waals surface area (Å²) in [5, 5.41) is 3.67. The van der Waals surface area contributed by atoms with Gasteiger partial charge >= 0.3 is 5.97 Å². The van der Waals surface area contributed by atoms with Crippen molar-refractivity contribution in [1.82, 2.24) is 10.2 Å². The van der Waals surface area contributed by atoms with Crippen molar-refractivity contribution < 1.29 is 9.53 Å². The van der Waals surface area contributed by atoms with Gasteiger partial charge in [-0.15, -0.1) is 0 Å². The Morgan fingerprint density at radius 2 is 1.32 bits per heavy atom. The summed E-state index contributed by atoms with van der Waals surface area (Å²) >= 11 is 0. The molecular weight excluding hydrogens is 348 g/mol. The Labute approximate surface area is 173 Å². The third-order valence-corrected chi connectivity index (χ3v) is 7.11. The Hall–Kier alpha value is -0.610. The highest BCUT2D eigenvalue weighted by atomic mass is 16.5. The standard InChI is InChI=1S/C24H44N2O2/c1-23(2)17-21(18-24(3,4)25-23)28-22(27)15-16-26(19-11-7-5-8-12-19)20-13-9-6-10-14-20/h19-21,25H,5-18H2,1-4H3. The van der Waals surface area contributed by atoms with Crippen LogP contribution in [0.25, 0.3) is 0 Å². The van der Waals surface area contributed by atoms with E-state index in [1.165, 1.54) is 64.2 Å². The number of esters is 1. The highest BCUT2D eigenvalue weighted by Crippen LogP contribution is 2.32. The highest BCUT2D eigenvalue weighted by molar-refractivity contribution is 5.69. The van der Waals surface area contributed by atoms with Gasteiger partial charge in [0.1, 0.15) is 6.10 Å². The van der Waals surface area contributed by atoms with Crippen molar-refractivity contribution in [2.75, 3.05) is 6.54 Å². The number of carbonyl (C=O) groups is 1. The number of nitrogens with zero attached hydrogens (tertiary/aromatic N) is 1. The Morgan fingerprint density at radius 3 is 1.79 bits per heavy atom. The van der Waals surface area contributed by atoms with E-state index in [0.717, 1.165) is 19.4 Å². The molecule has 0 unspecified atom stereocenters. The summed E-state index contributed by atoms with van der Waals surface area (Å²) in [5.74, 6) is 0.00937. The zero-order valence-corrected chi connectivity index (χ0v) is 18.9. The molecule has 3 aliphatic rings. The van der Waals surface area contributed by atoms with Gasteiger partial charge < -0.3 is 10.1 Å². The lowest BCUT2D eigenvalue weighted by Gasteiger charge is -2.46. The fourth-order valence-corrected chi connectivity index (χ4v) is 6.27. The van der Waals surface area contributed by atoms with Crippen molar-refractivity contribution in [2.45, 2.75) is 140 Å². The second-order valence-electron chi connectivity index (χ2n) is 11.0. The summed E-state index contributed by atoms with van der Waals surface area (Å²) in [6.07, 6.45) is 15.9. The zero-order chi connectivity index (χ0) is 20.2. The average Bonchev–Trinajstić information content (AvgIpc) is 2.61. The fraction of sp³-hybridized carbons (Fsp3) is 0.958. The normalized spacial score (nSPS) is 27.0. The van der Waals surface area contributed by atoms with Crippen LogP contribution in [-0.2, 0) is 9.53 Å². The van der Waals surface area contributed by atoms with Crippen LogP contribution in [-0.4, -0.2) is 46.7 Å². The van der Waals surface area contributed by atoms with E-state index in [-0.39, 0.29) is 23.2 Å². The smallest absolute Gasteiger partial charge is 0.307 e. The lowest BCUT2D eigenvalue weighted by molar-refractivity contribution is -0.153. The molecule has 1 N–H and O–H groups in total. The molecule has 4 nitrogen and oxygen atoms in total. The number of hydrogen-bond acceptors (Lipinski definition) is 4. The van der Waals surface area contributed by atoms with Crippen molar-refractivity contribution in [3.63, 3.8) is 0 Å². The van der Waals surface area contributed by atoms with Gasteiger partial charge in [0, 0.05) is 42.5 Å². The number of piperidine rings is 1. The molecule has 3 rings (SSSR count). The van der Waals surface area contributed by atoms with Crippen molar-refractivity contribution in [1.29, 1.82) is 0 Å². The second kappa shape index (κ2) is 9.47. The molecule has 28 heavy (non-hydrogen) atoms. The van der Waals surface area contributed by atoms with Crippen LogP contribution in [0.2, 0.25) is 0 Å². The van der Waals surface area contributed by atoms with Crippen LogP contribution in [0, 0.1) is 0 Å². The number of carbonyl (C=O) groups excluding carboxylic acids is 1. The first-order valence-corrected chi connectivity index (χ1v) is 12.0. The molecule has 1 heterocycles. The molecule has 0 spiro atoms. The molecular formula is C24H44N2O2. The van der Waals surface area contributed by atoms with E-state index in [9.17, 15) is 4.79 Å². The van der Waals surface area contributed by atoms with Gasteiger partial charge in [0.15, 0.2) is 0 Å². The summed E-state index contributed by atoms with van der Waals surface area (Å²) in [4.78, 5) is 15.5. The highest BCUT2D eigenvalue weighted by Gasteiger charge is 2.39. The second-order valence-corrected chi connectivity index (χ2v) is 11.0. The van der Waals surface area contributed by atoms with Gasteiger partial charge in [-0.25, -0.2) is 0 Å². The van der Waals surface area contributed by atoms with Gasteiger partial charge in [0.25, 0.3) is 0 Å². The van der Waals surface area contributed by atoms with Crippen LogP contribution < -0.4 is 5.32 Å². The predicted molar refractivity (Wildman–Crippen MR) is 115 cm³/mol. The van der Waals surface area contributed by atoms with Crippen LogP contribution in [0.1, 0.15) is 111 Å². The topological polar surface area (TPSA) is 41.6 Å². The van der Waals surface area contributed by atoms with E-state index >= 15 is 0 Å². The quantitative estimate of drug-likeness (QED) is 0.631. The minimum absolute atomic E-state index is 0.00937. The summed E-state index contributed by atoms with van der Waals surface area (Å²) in [6, 6.07) is 1.39. The first-order chi connectivity index (χ1) is 13.2. The Balaban J connectivity index is 1.54. The molecule has 4 heteroatoms. The molecule has 2 aliphatic carbocycles. The average molecular weight is 393 g/mol. The number of rotatable bonds is 6. The Bertz CT molecular complexity index is 471. The van der Waals surface area contributed by atoms with E-state index in [2.05, 4.69) is 37.9 Å². The molecule has 0 amide bonds. The molecule has 1 saturated heterocycles. The molecule has 162 valence electrons. The number of ether oxygens (including phenoxy) is 1. The van der Waals surface area contributed by atoms with Gasteiger partial charge in [0.2, 0.25) is 0 Å². The van der Waals surface area contributed by atoms with Gasteiger partial charge in [-0.3, -0.25) is 9.69 Å². The predicted octanol–water partition coefficient (Wildman–Crippen LogP) is 5.20. The minimum atomic E-state index is 0.00937. The maximum atomic E-state index is 12.7. The molecule has 0 aromatic carbocycles. The molecule has 0 atom stereocenters. The molecule has 0 aromatic rings. The van der Waals surface area contributed by atoms with E-state index in [0.29, 0.717) is 18.5 Å². The van der Waals surface area contributed by atoms with E-state index in [1.807, 2.05) is 0 Å². The SMILES string of the molecule is CC1(C)CC(OC(=O)CCN(C2CCCCC2)C2CCCCC2)CC(C)(C)N1. The maximum absolute atomic E-state index is 12.7. The van der Waals surface area contributed by atoms with E-state index < -0.39 is 0 Å². The fourth-order valence-electron chi connectivity index (χ4n) is 6.27.